The first-order valence-corrected chi connectivity index (χ1v) is 8.96. The summed E-state index contributed by atoms with van der Waals surface area (Å²) in [5.74, 6) is -0.229. The molecule has 1 amide bonds. The molecule has 0 unspecified atom stereocenters. The van der Waals surface area contributed by atoms with Gasteiger partial charge in [-0.25, -0.2) is 4.98 Å². The van der Waals surface area contributed by atoms with Gasteiger partial charge >= 0.3 is 0 Å². The molecule has 2 atom stereocenters. The highest BCUT2D eigenvalue weighted by Crippen LogP contribution is 2.33. The summed E-state index contributed by atoms with van der Waals surface area (Å²) in [6, 6.07) is 0. The number of amides is 1. The summed E-state index contributed by atoms with van der Waals surface area (Å²) in [6.07, 6.45) is 1.43. The molecule has 24 heavy (non-hydrogen) atoms. The second kappa shape index (κ2) is 7.56. The lowest BCUT2D eigenvalue weighted by molar-refractivity contribution is -0.115. The minimum Gasteiger partial charge on any atom is -0.394 e. The van der Waals surface area contributed by atoms with E-state index in [1.165, 1.54) is 11.3 Å². The summed E-state index contributed by atoms with van der Waals surface area (Å²) < 4.78 is 0. The molecule has 1 aromatic heterocycles. The lowest BCUT2D eigenvalue weighted by Crippen LogP contribution is -2.51. The number of thiazole rings is 1. The van der Waals surface area contributed by atoms with Gasteiger partial charge in [0.25, 0.3) is 5.91 Å². The molecule has 0 radical (unpaired) electrons. The molecule has 1 fully saturated rings. The molecule has 1 saturated heterocycles. The Labute approximate surface area is 144 Å². The number of oxime groups is 1. The number of hydrogen-bond acceptors (Lipinski definition) is 8. The van der Waals surface area contributed by atoms with E-state index >= 15 is 0 Å². The van der Waals surface area contributed by atoms with Crippen LogP contribution in [0.3, 0.4) is 0 Å². The molecule has 0 saturated carbocycles. The Morgan fingerprint density at radius 3 is 3.21 bits per heavy atom. The molecule has 3 N–H and O–H groups in total. The predicted octanol–water partition coefficient (Wildman–Crippen LogP) is -0.277. The summed E-state index contributed by atoms with van der Waals surface area (Å²) >= 11 is 1.49. The van der Waals surface area contributed by atoms with Crippen molar-refractivity contribution in [2.24, 2.45) is 5.16 Å². The first kappa shape index (κ1) is 17.3. The van der Waals surface area contributed by atoms with Gasteiger partial charge in [0.05, 0.1) is 30.5 Å². The number of carbonyl (C=O) groups is 1. The highest BCUT2D eigenvalue weighted by atomic mass is 32.1. The fraction of sp³-hybridized carbons (Fsp3) is 0.667. The molecule has 132 valence electrons. The Balaban J connectivity index is 1.52. The molecular formula is C15H22N4O4S. The van der Waals surface area contributed by atoms with Crippen LogP contribution in [-0.2, 0) is 16.2 Å². The maximum Gasteiger partial charge on any atom is 0.269 e. The minimum absolute atomic E-state index is 0.229. The lowest BCUT2D eigenvalue weighted by atomic mass is 9.88. The van der Waals surface area contributed by atoms with E-state index in [0.29, 0.717) is 31.8 Å². The third-order valence-corrected chi connectivity index (χ3v) is 4.95. The molecule has 0 aliphatic carbocycles. The zero-order chi connectivity index (χ0) is 17.0. The number of β-amino-alcohol motifs (C(OH)–C–C–N with tert-alkyl or cyclic N) is 1. The largest absolute Gasteiger partial charge is 0.394 e. The molecule has 2 aliphatic heterocycles. The topological polar surface area (TPSA) is 107 Å². The third kappa shape index (κ3) is 4.10. The molecule has 0 bridgehead atoms. The Hall–Kier alpha value is -1.55. The summed E-state index contributed by atoms with van der Waals surface area (Å²) in [4.78, 5) is 24.0. The molecule has 1 aromatic rings. The van der Waals surface area contributed by atoms with Gasteiger partial charge in [0, 0.05) is 24.9 Å². The van der Waals surface area contributed by atoms with Crippen LogP contribution < -0.4 is 5.32 Å². The van der Waals surface area contributed by atoms with Crippen LogP contribution in [0.5, 0.6) is 0 Å². The third-order valence-electron chi connectivity index (χ3n) is 4.31. The van der Waals surface area contributed by atoms with E-state index in [-0.39, 0.29) is 12.5 Å². The number of nitrogens with one attached hydrogen (secondary N) is 1. The summed E-state index contributed by atoms with van der Waals surface area (Å²) in [7, 11) is 0. The van der Waals surface area contributed by atoms with Crippen molar-refractivity contribution < 1.29 is 19.8 Å². The zero-order valence-corrected chi connectivity index (χ0v) is 14.2. The zero-order valence-electron chi connectivity index (χ0n) is 13.3. The number of piperidine rings is 1. The van der Waals surface area contributed by atoms with Crippen molar-refractivity contribution in [3.05, 3.63) is 16.6 Å². The minimum atomic E-state index is -0.761. The van der Waals surface area contributed by atoms with E-state index in [9.17, 15) is 9.90 Å². The summed E-state index contributed by atoms with van der Waals surface area (Å²) in [5, 5.41) is 27.3. The highest BCUT2D eigenvalue weighted by Gasteiger charge is 2.44. The fourth-order valence-corrected chi connectivity index (χ4v) is 3.72. The average molecular weight is 354 g/mol. The quantitative estimate of drug-likeness (QED) is 0.649. The van der Waals surface area contributed by atoms with Crippen LogP contribution in [0.1, 0.15) is 25.0 Å². The Kier molecular flexibility index (Phi) is 5.44. The number of aliphatic hydroxyl groups excluding tert-OH is 2. The number of nitrogens with zero attached hydrogens (tertiary/aromatic N) is 3. The van der Waals surface area contributed by atoms with Crippen LogP contribution in [0.15, 0.2) is 16.0 Å². The number of aromatic nitrogens is 1. The van der Waals surface area contributed by atoms with Gasteiger partial charge in [-0.05, 0) is 19.4 Å². The number of carbonyl (C=O) groups excluding carboxylic acids is 1. The normalized spacial score (nSPS) is 25.3. The monoisotopic (exact) mass is 354 g/mol. The second-order valence-electron chi connectivity index (χ2n) is 6.33. The first-order chi connectivity index (χ1) is 11.6. The maximum absolute atomic E-state index is 12.2. The van der Waals surface area contributed by atoms with Gasteiger partial charge in [-0.1, -0.05) is 5.16 Å². The molecule has 3 heterocycles. The Bertz CT molecular complexity index is 594. The van der Waals surface area contributed by atoms with Crippen LogP contribution in [0.4, 0.5) is 0 Å². The number of rotatable bonds is 6. The van der Waals surface area contributed by atoms with Gasteiger partial charge in [0.2, 0.25) is 0 Å². The van der Waals surface area contributed by atoms with Gasteiger partial charge in [0.15, 0.2) is 5.60 Å². The highest BCUT2D eigenvalue weighted by molar-refractivity contribution is 7.07. The van der Waals surface area contributed by atoms with Gasteiger partial charge in [-0.3, -0.25) is 9.69 Å². The average Bonchev–Trinajstić information content (AvgIpc) is 3.23. The fourth-order valence-electron chi connectivity index (χ4n) is 3.16. The Morgan fingerprint density at radius 2 is 2.46 bits per heavy atom. The van der Waals surface area contributed by atoms with E-state index < -0.39 is 11.7 Å². The van der Waals surface area contributed by atoms with Gasteiger partial charge in [-0.15, -0.1) is 11.3 Å². The second-order valence-corrected chi connectivity index (χ2v) is 7.05. The molecule has 9 heteroatoms. The maximum atomic E-state index is 12.2. The van der Waals surface area contributed by atoms with E-state index in [4.69, 9.17) is 9.94 Å². The van der Waals surface area contributed by atoms with Crippen molar-refractivity contribution in [2.75, 3.05) is 26.2 Å². The smallest absolute Gasteiger partial charge is 0.269 e. The van der Waals surface area contributed by atoms with Crippen LogP contribution in [0.25, 0.3) is 0 Å². The number of likely N-dealkylation sites (tertiary alicyclic amines) is 1. The van der Waals surface area contributed by atoms with E-state index in [1.54, 1.807) is 5.51 Å². The standard InChI is InChI=1S/C15H22N4O4S/c20-7-12(21)6-19-3-1-2-15(9-19)4-13(18-23-15)14(22)16-5-11-8-24-10-17-11/h8,10,12,20-21H,1-7,9H2,(H,16,22)/t12-,15-/m1/s1. The number of aliphatic hydroxyl groups is 2. The van der Waals surface area contributed by atoms with Crippen molar-refractivity contribution in [3.63, 3.8) is 0 Å². The van der Waals surface area contributed by atoms with E-state index in [0.717, 1.165) is 25.1 Å². The molecule has 8 nitrogen and oxygen atoms in total. The van der Waals surface area contributed by atoms with Crippen LogP contribution in [0, 0.1) is 0 Å². The van der Waals surface area contributed by atoms with Crippen molar-refractivity contribution in [1.29, 1.82) is 0 Å². The van der Waals surface area contributed by atoms with Crippen molar-refractivity contribution in [1.82, 2.24) is 15.2 Å². The van der Waals surface area contributed by atoms with Crippen LogP contribution in [0.2, 0.25) is 0 Å². The van der Waals surface area contributed by atoms with Crippen molar-refractivity contribution in [2.45, 2.75) is 37.5 Å². The summed E-state index contributed by atoms with van der Waals surface area (Å²) in [6.45, 7) is 1.95. The number of hydrogen-bond donors (Lipinski definition) is 3. The Morgan fingerprint density at radius 1 is 1.58 bits per heavy atom. The molecular weight excluding hydrogens is 332 g/mol. The molecule has 1 spiro atoms. The van der Waals surface area contributed by atoms with Gasteiger partial charge in [-0.2, -0.15) is 0 Å². The molecule has 3 rings (SSSR count). The van der Waals surface area contributed by atoms with Gasteiger partial charge < -0.3 is 20.4 Å². The molecule has 2 aliphatic rings. The van der Waals surface area contributed by atoms with Crippen LogP contribution in [-0.4, -0.2) is 69.7 Å². The summed E-state index contributed by atoms with van der Waals surface area (Å²) in [5.41, 5.74) is 2.45. The predicted molar refractivity (Wildman–Crippen MR) is 88.6 cm³/mol. The van der Waals surface area contributed by atoms with Crippen molar-refractivity contribution in [3.8, 4) is 0 Å². The van der Waals surface area contributed by atoms with E-state index in [2.05, 4.69) is 20.4 Å². The van der Waals surface area contributed by atoms with Gasteiger partial charge in [0.1, 0.15) is 5.71 Å². The lowest BCUT2D eigenvalue weighted by Gasteiger charge is -2.38. The van der Waals surface area contributed by atoms with Crippen LogP contribution >= 0.6 is 11.3 Å². The van der Waals surface area contributed by atoms with Crippen molar-refractivity contribution >= 4 is 23.0 Å². The SMILES string of the molecule is O=C(NCc1cscn1)C1=NO[C@]2(CCCN(C[C@@H](O)CO)C2)C1. The molecule has 0 aromatic carbocycles. The first-order valence-electron chi connectivity index (χ1n) is 8.02. The van der Waals surface area contributed by atoms with E-state index in [1.807, 2.05) is 5.38 Å².